The molecule has 0 aromatic heterocycles. The van der Waals surface area contributed by atoms with Crippen LogP contribution in [0, 0.1) is 0 Å². The standard InChI is InChI=1S/C14H20N2OS.ClH/c1-2-18-13-9-5-8-12(13)16-14(17)10-6-3-4-7-11(10)15;/h3-4,6-7,12-13H,2,5,8-9,15H2,1H3,(H,16,17);1H. The van der Waals surface area contributed by atoms with Crippen LogP contribution < -0.4 is 11.1 Å². The molecule has 106 valence electrons. The van der Waals surface area contributed by atoms with E-state index >= 15 is 0 Å². The van der Waals surface area contributed by atoms with Crippen LogP contribution in [0.5, 0.6) is 0 Å². The molecule has 1 aliphatic carbocycles. The normalized spacial score (nSPS) is 21.7. The molecule has 0 heterocycles. The molecule has 1 aromatic rings. The topological polar surface area (TPSA) is 55.1 Å². The summed E-state index contributed by atoms with van der Waals surface area (Å²) in [5.41, 5.74) is 6.96. The lowest BCUT2D eigenvalue weighted by Crippen LogP contribution is -2.39. The van der Waals surface area contributed by atoms with Crippen molar-refractivity contribution in [2.45, 2.75) is 37.5 Å². The van der Waals surface area contributed by atoms with Gasteiger partial charge in [0.15, 0.2) is 0 Å². The fourth-order valence-corrected chi connectivity index (χ4v) is 3.65. The number of benzene rings is 1. The number of halogens is 1. The van der Waals surface area contributed by atoms with Crippen molar-refractivity contribution in [2.75, 3.05) is 11.5 Å². The quantitative estimate of drug-likeness (QED) is 0.840. The Hall–Kier alpha value is -0.870. The average Bonchev–Trinajstić information content (AvgIpc) is 2.78. The minimum atomic E-state index is -0.0401. The maximum absolute atomic E-state index is 12.2. The zero-order chi connectivity index (χ0) is 13.0. The first-order chi connectivity index (χ1) is 8.72. The number of thioether (sulfide) groups is 1. The van der Waals surface area contributed by atoms with E-state index in [-0.39, 0.29) is 18.3 Å². The van der Waals surface area contributed by atoms with Gasteiger partial charge in [0.05, 0.1) is 5.56 Å². The van der Waals surface area contributed by atoms with Gasteiger partial charge in [-0.3, -0.25) is 4.79 Å². The Kier molecular flexibility index (Phi) is 6.52. The molecule has 0 radical (unpaired) electrons. The number of carbonyl (C=O) groups is 1. The molecule has 1 fully saturated rings. The van der Waals surface area contributed by atoms with Crippen molar-refractivity contribution in [3.8, 4) is 0 Å². The Balaban J connectivity index is 0.00000180. The minimum Gasteiger partial charge on any atom is -0.398 e. The molecule has 1 saturated carbocycles. The first kappa shape index (κ1) is 16.2. The van der Waals surface area contributed by atoms with E-state index in [9.17, 15) is 4.79 Å². The number of nitrogens with one attached hydrogen (secondary N) is 1. The van der Waals surface area contributed by atoms with Crippen molar-refractivity contribution in [2.24, 2.45) is 0 Å². The van der Waals surface area contributed by atoms with Crippen LogP contribution in [0.1, 0.15) is 36.5 Å². The highest BCUT2D eigenvalue weighted by Gasteiger charge is 2.28. The highest BCUT2D eigenvalue weighted by Crippen LogP contribution is 2.30. The minimum absolute atomic E-state index is 0. The van der Waals surface area contributed by atoms with Crippen molar-refractivity contribution >= 4 is 35.8 Å². The lowest BCUT2D eigenvalue weighted by atomic mass is 10.1. The summed E-state index contributed by atoms with van der Waals surface area (Å²) in [5.74, 6) is 1.06. The largest absolute Gasteiger partial charge is 0.398 e. The third kappa shape index (κ3) is 4.05. The number of nitrogens with two attached hydrogens (primary N) is 1. The Morgan fingerprint density at radius 3 is 2.84 bits per heavy atom. The number of rotatable bonds is 4. The molecule has 2 unspecified atom stereocenters. The van der Waals surface area contributed by atoms with Crippen molar-refractivity contribution in [3.05, 3.63) is 29.8 Å². The average molecular weight is 301 g/mol. The summed E-state index contributed by atoms with van der Waals surface area (Å²) >= 11 is 1.94. The van der Waals surface area contributed by atoms with Crippen LogP contribution in [0.4, 0.5) is 5.69 Å². The van der Waals surface area contributed by atoms with Crippen LogP contribution in [-0.2, 0) is 0 Å². The van der Waals surface area contributed by atoms with E-state index < -0.39 is 0 Å². The monoisotopic (exact) mass is 300 g/mol. The van der Waals surface area contributed by atoms with Gasteiger partial charge < -0.3 is 11.1 Å². The van der Waals surface area contributed by atoms with Crippen LogP contribution in [0.2, 0.25) is 0 Å². The maximum atomic E-state index is 12.2. The number of hydrogen-bond acceptors (Lipinski definition) is 3. The second-order valence-electron chi connectivity index (χ2n) is 4.59. The predicted molar refractivity (Wildman–Crippen MR) is 85.1 cm³/mol. The molecular formula is C14H21ClN2OS. The van der Waals surface area contributed by atoms with E-state index in [0.29, 0.717) is 22.5 Å². The fraction of sp³-hybridized carbons (Fsp3) is 0.500. The molecular weight excluding hydrogens is 280 g/mol. The van der Waals surface area contributed by atoms with Gasteiger partial charge >= 0.3 is 0 Å². The van der Waals surface area contributed by atoms with Crippen LogP contribution in [0.25, 0.3) is 0 Å². The van der Waals surface area contributed by atoms with Crippen LogP contribution >= 0.6 is 24.2 Å². The molecule has 0 spiro atoms. The summed E-state index contributed by atoms with van der Waals surface area (Å²) in [4.78, 5) is 12.2. The van der Waals surface area contributed by atoms with Gasteiger partial charge in [0.1, 0.15) is 0 Å². The smallest absolute Gasteiger partial charge is 0.253 e. The fourth-order valence-electron chi connectivity index (χ4n) is 2.45. The van der Waals surface area contributed by atoms with E-state index in [1.54, 1.807) is 12.1 Å². The maximum Gasteiger partial charge on any atom is 0.253 e. The van der Waals surface area contributed by atoms with E-state index in [4.69, 9.17) is 5.73 Å². The molecule has 2 atom stereocenters. The van der Waals surface area contributed by atoms with Crippen molar-refractivity contribution < 1.29 is 4.79 Å². The summed E-state index contributed by atoms with van der Waals surface area (Å²) in [7, 11) is 0. The SMILES string of the molecule is CCSC1CCCC1NC(=O)c1ccccc1N.Cl. The first-order valence-electron chi connectivity index (χ1n) is 6.49. The van der Waals surface area contributed by atoms with E-state index in [1.165, 1.54) is 12.8 Å². The summed E-state index contributed by atoms with van der Waals surface area (Å²) in [6, 6.07) is 7.53. The molecule has 1 amide bonds. The van der Waals surface area contributed by atoms with Crippen molar-refractivity contribution in [1.82, 2.24) is 5.32 Å². The molecule has 19 heavy (non-hydrogen) atoms. The van der Waals surface area contributed by atoms with Gasteiger partial charge in [-0.2, -0.15) is 11.8 Å². The molecule has 3 N–H and O–H groups in total. The Bertz CT molecular complexity index is 428. The molecule has 0 aliphatic heterocycles. The number of carbonyl (C=O) groups excluding carboxylic acids is 1. The molecule has 0 saturated heterocycles. The number of nitrogen functional groups attached to an aromatic ring is 1. The Morgan fingerprint density at radius 2 is 2.16 bits per heavy atom. The number of para-hydroxylation sites is 1. The van der Waals surface area contributed by atoms with Crippen LogP contribution in [0.3, 0.4) is 0 Å². The Labute approximate surface area is 125 Å². The molecule has 2 rings (SSSR count). The van der Waals surface area contributed by atoms with Gasteiger partial charge in [-0.15, -0.1) is 12.4 Å². The molecule has 5 heteroatoms. The third-order valence-corrected chi connectivity index (χ3v) is 4.68. The summed E-state index contributed by atoms with van der Waals surface area (Å²) in [5, 5.41) is 3.69. The molecule has 1 aromatic carbocycles. The zero-order valence-electron chi connectivity index (χ0n) is 11.1. The van der Waals surface area contributed by atoms with Crippen molar-refractivity contribution in [1.29, 1.82) is 0 Å². The second kappa shape index (κ2) is 7.65. The van der Waals surface area contributed by atoms with Crippen LogP contribution in [-0.4, -0.2) is 23.0 Å². The van der Waals surface area contributed by atoms with E-state index in [2.05, 4.69) is 12.2 Å². The highest BCUT2D eigenvalue weighted by atomic mass is 35.5. The lowest BCUT2D eigenvalue weighted by molar-refractivity contribution is 0.0939. The van der Waals surface area contributed by atoms with E-state index in [0.717, 1.165) is 12.2 Å². The summed E-state index contributed by atoms with van der Waals surface area (Å²) in [6.45, 7) is 2.16. The summed E-state index contributed by atoms with van der Waals surface area (Å²) in [6.07, 6.45) is 3.48. The van der Waals surface area contributed by atoms with Gasteiger partial charge in [0.2, 0.25) is 0 Å². The van der Waals surface area contributed by atoms with Gasteiger partial charge in [-0.25, -0.2) is 0 Å². The van der Waals surface area contributed by atoms with E-state index in [1.807, 2.05) is 23.9 Å². The van der Waals surface area contributed by atoms with Crippen LogP contribution in [0.15, 0.2) is 24.3 Å². The molecule has 3 nitrogen and oxygen atoms in total. The van der Waals surface area contributed by atoms with Gasteiger partial charge in [-0.1, -0.05) is 25.5 Å². The summed E-state index contributed by atoms with van der Waals surface area (Å²) < 4.78 is 0. The lowest BCUT2D eigenvalue weighted by Gasteiger charge is -2.20. The van der Waals surface area contributed by atoms with Gasteiger partial charge in [-0.05, 0) is 30.7 Å². The number of hydrogen-bond donors (Lipinski definition) is 2. The van der Waals surface area contributed by atoms with Crippen molar-refractivity contribution in [3.63, 3.8) is 0 Å². The number of amides is 1. The predicted octanol–water partition coefficient (Wildman–Crippen LogP) is 3.09. The zero-order valence-corrected chi connectivity index (χ0v) is 12.7. The van der Waals surface area contributed by atoms with Gasteiger partial charge in [0.25, 0.3) is 5.91 Å². The third-order valence-electron chi connectivity index (χ3n) is 3.36. The highest BCUT2D eigenvalue weighted by molar-refractivity contribution is 7.99. The molecule has 0 bridgehead atoms. The molecule has 1 aliphatic rings. The Morgan fingerprint density at radius 1 is 1.42 bits per heavy atom. The first-order valence-corrected chi connectivity index (χ1v) is 7.54. The second-order valence-corrected chi connectivity index (χ2v) is 6.11. The number of anilines is 1. The van der Waals surface area contributed by atoms with Gasteiger partial charge in [0, 0.05) is 17.0 Å².